The monoisotopic (exact) mass is 513 g/mol. The highest BCUT2D eigenvalue weighted by Crippen LogP contribution is 2.39. The second-order valence-electron chi connectivity index (χ2n) is 8.86. The van der Waals surface area contributed by atoms with Crippen molar-refractivity contribution in [2.75, 3.05) is 0 Å². The molecule has 0 atom stereocenters. The highest BCUT2D eigenvalue weighted by atomic mass is 35.5. The summed E-state index contributed by atoms with van der Waals surface area (Å²) in [4.78, 5) is 11.2. The van der Waals surface area contributed by atoms with Crippen LogP contribution in [0.25, 0.3) is 10.9 Å². The average molecular weight is 514 g/mol. The second kappa shape index (κ2) is 9.34. The molecule has 1 N–H and O–H groups in total. The Morgan fingerprint density at radius 2 is 1.82 bits per heavy atom. The molecule has 4 rings (SSSR count). The predicted octanol–water partition coefficient (Wildman–Crippen LogP) is 7.43. The Balaban J connectivity index is 1.61. The van der Waals surface area contributed by atoms with Gasteiger partial charge in [0.05, 0.1) is 22.6 Å². The molecule has 1 fully saturated rings. The Morgan fingerprint density at radius 1 is 1.15 bits per heavy atom. The molecule has 0 radical (unpaired) electrons. The smallest absolute Gasteiger partial charge is 0.416 e. The zero-order chi connectivity index (χ0) is 24.8. The molecule has 0 bridgehead atoms. The Morgan fingerprint density at radius 3 is 2.44 bits per heavy atom. The number of aliphatic carboxylic acids is 1. The van der Waals surface area contributed by atoms with Gasteiger partial charge in [-0.05, 0) is 74.1 Å². The highest BCUT2D eigenvalue weighted by molar-refractivity contribution is 6.37. The summed E-state index contributed by atoms with van der Waals surface area (Å²) in [6, 6.07) is 7.55. The molecule has 34 heavy (non-hydrogen) atoms. The fourth-order valence-electron chi connectivity index (χ4n) is 4.61. The zero-order valence-corrected chi connectivity index (χ0v) is 20.2. The van der Waals surface area contributed by atoms with Crippen LogP contribution in [0.2, 0.25) is 10.0 Å². The van der Waals surface area contributed by atoms with Crippen LogP contribution >= 0.6 is 23.2 Å². The number of carboxylic acids is 1. The number of hydrogen-bond acceptors (Lipinski definition) is 2. The average Bonchev–Trinajstić information content (AvgIpc) is 3.09. The fraction of sp³-hybridized carbons (Fsp3) is 0.400. The Kier molecular flexibility index (Phi) is 6.80. The maximum absolute atomic E-state index is 13.3. The Hall–Kier alpha value is -2.38. The Bertz CT molecular complexity index is 1240. The molecule has 1 saturated carbocycles. The predicted molar refractivity (Wildman–Crippen MR) is 126 cm³/mol. The number of aryl methyl sites for hydroxylation is 2. The first-order chi connectivity index (χ1) is 16.0. The molecule has 0 aliphatic heterocycles. The minimum Gasteiger partial charge on any atom is -0.489 e. The van der Waals surface area contributed by atoms with E-state index in [-0.39, 0.29) is 12.0 Å². The molecule has 9 heteroatoms. The number of benzene rings is 2. The number of ether oxygens (including phenoxy) is 1. The molecule has 182 valence electrons. The lowest BCUT2D eigenvalue weighted by Gasteiger charge is -2.27. The third-order valence-electron chi connectivity index (χ3n) is 6.62. The van der Waals surface area contributed by atoms with Gasteiger partial charge >= 0.3 is 12.1 Å². The lowest BCUT2D eigenvalue weighted by Crippen LogP contribution is -2.27. The van der Waals surface area contributed by atoms with Gasteiger partial charge in [-0.25, -0.2) is 0 Å². The maximum Gasteiger partial charge on any atom is 0.416 e. The van der Waals surface area contributed by atoms with Crippen molar-refractivity contribution in [2.45, 2.75) is 51.3 Å². The molecule has 0 saturated heterocycles. The van der Waals surface area contributed by atoms with Crippen molar-refractivity contribution in [1.29, 1.82) is 0 Å². The van der Waals surface area contributed by atoms with Crippen LogP contribution in [-0.4, -0.2) is 21.7 Å². The van der Waals surface area contributed by atoms with E-state index in [4.69, 9.17) is 27.9 Å². The van der Waals surface area contributed by atoms with E-state index in [2.05, 4.69) is 0 Å². The van der Waals surface area contributed by atoms with Gasteiger partial charge in [-0.1, -0.05) is 23.2 Å². The van der Waals surface area contributed by atoms with Gasteiger partial charge in [0.15, 0.2) is 0 Å². The van der Waals surface area contributed by atoms with Crippen molar-refractivity contribution in [3.63, 3.8) is 0 Å². The number of hydrogen-bond donors (Lipinski definition) is 1. The normalized spacial score (nSPS) is 18.9. The van der Waals surface area contributed by atoms with E-state index in [0.717, 1.165) is 23.2 Å². The standard InChI is InChI=1S/C25H24Cl2F3NO3/c1-13-9-15(25(28,29)30)10-21-18(13)11-16(31(21)2)12-19-20(26)7-8-22(23(19)27)34-17-5-3-14(4-6-17)24(32)33/h7-11,14,17H,3-6,12H2,1-2H3,(H,32,33). The quantitative estimate of drug-likeness (QED) is 0.386. The van der Waals surface area contributed by atoms with Crippen LogP contribution in [0.5, 0.6) is 5.75 Å². The molecule has 1 heterocycles. The van der Waals surface area contributed by atoms with Crippen LogP contribution in [0, 0.1) is 12.8 Å². The van der Waals surface area contributed by atoms with Crippen molar-refractivity contribution in [3.8, 4) is 5.75 Å². The minimum absolute atomic E-state index is 0.136. The van der Waals surface area contributed by atoms with Crippen LogP contribution in [0.3, 0.4) is 0 Å². The van der Waals surface area contributed by atoms with E-state index in [0.29, 0.717) is 64.5 Å². The van der Waals surface area contributed by atoms with Crippen LogP contribution in [0.4, 0.5) is 13.2 Å². The van der Waals surface area contributed by atoms with Crippen molar-refractivity contribution in [1.82, 2.24) is 4.57 Å². The largest absolute Gasteiger partial charge is 0.489 e. The van der Waals surface area contributed by atoms with Gasteiger partial charge in [0.2, 0.25) is 0 Å². The Labute approximate surface area is 205 Å². The number of aromatic nitrogens is 1. The molecule has 1 aromatic heterocycles. The first-order valence-corrected chi connectivity index (χ1v) is 11.7. The van der Waals surface area contributed by atoms with Crippen molar-refractivity contribution in [3.05, 3.63) is 62.8 Å². The van der Waals surface area contributed by atoms with E-state index < -0.39 is 17.7 Å². The molecule has 1 aliphatic rings. The first-order valence-electron chi connectivity index (χ1n) is 11.0. The maximum atomic E-state index is 13.3. The lowest BCUT2D eigenvalue weighted by molar-refractivity contribution is -0.143. The molecule has 0 amide bonds. The van der Waals surface area contributed by atoms with Gasteiger partial charge in [-0.3, -0.25) is 4.79 Å². The number of carboxylic acid groups (broad SMARTS) is 1. The summed E-state index contributed by atoms with van der Waals surface area (Å²) >= 11 is 13.1. The number of fused-ring (bicyclic) bond motifs is 1. The first kappa shape index (κ1) is 24.7. The minimum atomic E-state index is -4.43. The summed E-state index contributed by atoms with van der Waals surface area (Å²) in [6.45, 7) is 1.66. The molecule has 3 aromatic rings. The third-order valence-corrected chi connectivity index (χ3v) is 7.39. The van der Waals surface area contributed by atoms with E-state index in [9.17, 15) is 23.1 Å². The summed E-state index contributed by atoms with van der Waals surface area (Å²) in [5, 5.41) is 10.7. The van der Waals surface area contributed by atoms with Gasteiger partial charge in [0.25, 0.3) is 0 Å². The third kappa shape index (κ3) is 4.86. The van der Waals surface area contributed by atoms with Gasteiger partial charge in [-0.15, -0.1) is 0 Å². The van der Waals surface area contributed by atoms with E-state index in [1.165, 1.54) is 0 Å². The number of carbonyl (C=O) groups is 1. The van der Waals surface area contributed by atoms with Crippen LogP contribution < -0.4 is 4.74 Å². The molecule has 0 spiro atoms. The van der Waals surface area contributed by atoms with Crippen LogP contribution in [-0.2, 0) is 24.4 Å². The topological polar surface area (TPSA) is 51.5 Å². The van der Waals surface area contributed by atoms with E-state index in [1.807, 2.05) is 6.07 Å². The molecular weight excluding hydrogens is 490 g/mol. The second-order valence-corrected chi connectivity index (χ2v) is 9.65. The van der Waals surface area contributed by atoms with Crippen LogP contribution in [0.15, 0.2) is 30.3 Å². The zero-order valence-electron chi connectivity index (χ0n) is 18.7. The van der Waals surface area contributed by atoms with Crippen molar-refractivity contribution in [2.24, 2.45) is 13.0 Å². The number of halogens is 5. The summed E-state index contributed by atoms with van der Waals surface area (Å²) in [5.41, 5.74) is 1.73. The SMILES string of the molecule is Cc1cc(C(F)(F)F)cc2c1cc(Cc1c(Cl)ccc(OC3CCC(C(=O)O)CC3)c1Cl)n2C. The van der Waals surface area contributed by atoms with Crippen molar-refractivity contribution < 1.29 is 27.8 Å². The molecule has 4 nitrogen and oxygen atoms in total. The fourth-order valence-corrected chi connectivity index (χ4v) is 5.16. The number of alkyl halides is 3. The van der Waals surface area contributed by atoms with Crippen LogP contribution in [0.1, 0.15) is 48.1 Å². The van der Waals surface area contributed by atoms with Crippen molar-refractivity contribution >= 4 is 40.1 Å². The molecular formula is C25H24Cl2F3NO3. The van der Waals surface area contributed by atoms with Gasteiger partial charge in [-0.2, -0.15) is 13.2 Å². The highest BCUT2D eigenvalue weighted by Gasteiger charge is 2.32. The van der Waals surface area contributed by atoms with Gasteiger partial charge in [0.1, 0.15) is 5.75 Å². The molecule has 2 aromatic carbocycles. The number of rotatable bonds is 5. The molecule has 1 aliphatic carbocycles. The summed E-state index contributed by atoms with van der Waals surface area (Å²) in [7, 11) is 1.72. The molecule has 0 unspecified atom stereocenters. The lowest BCUT2D eigenvalue weighted by atomic mass is 9.87. The van der Waals surface area contributed by atoms with Gasteiger partial charge in [0, 0.05) is 35.1 Å². The summed E-state index contributed by atoms with van der Waals surface area (Å²) < 4.78 is 47.7. The van der Waals surface area contributed by atoms with E-state index in [1.54, 1.807) is 30.7 Å². The van der Waals surface area contributed by atoms with E-state index >= 15 is 0 Å². The van der Waals surface area contributed by atoms with Gasteiger partial charge < -0.3 is 14.4 Å². The summed E-state index contributed by atoms with van der Waals surface area (Å²) in [5.74, 6) is -0.657. The summed E-state index contributed by atoms with van der Waals surface area (Å²) in [6.07, 6.45) is -1.91. The number of nitrogens with zero attached hydrogens (tertiary/aromatic N) is 1.